The number of hydrogen-bond donors (Lipinski definition) is 1. The largest absolute Gasteiger partial charge is 0.495 e. The number of ether oxygens (including phenoxy) is 2. The van der Waals surface area contributed by atoms with Crippen molar-refractivity contribution in [2.24, 2.45) is 0 Å². The molecule has 1 N–H and O–H groups in total. The molecular formula is C21H23FN4O3S. The molecular weight excluding hydrogens is 407 g/mol. The minimum Gasteiger partial charge on any atom is -0.495 e. The van der Waals surface area contributed by atoms with Crippen LogP contribution < -0.4 is 19.7 Å². The summed E-state index contributed by atoms with van der Waals surface area (Å²) >= 11 is 1.56. The van der Waals surface area contributed by atoms with Crippen LogP contribution in [0.2, 0.25) is 0 Å². The van der Waals surface area contributed by atoms with Crippen LogP contribution in [0.1, 0.15) is 5.56 Å². The first kappa shape index (κ1) is 20.2. The van der Waals surface area contributed by atoms with Crippen molar-refractivity contribution in [3.05, 3.63) is 47.8 Å². The highest BCUT2D eigenvalue weighted by Gasteiger charge is 2.24. The zero-order chi connectivity index (χ0) is 21.1. The van der Waals surface area contributed by atoms with Gasteiger partial charge in [-0.1, -0.05) is 23.5 Å². The lowest BCUT2D eigenvalue weighted by Crippen LogP contribution is -2.51. The number of benzene rings is 2. The van der Waals surface area contributed by atoms with E-state index in [9.17, 15) is 9.18 Å². The summed E-state index contributed by atoms with van der Waals surface area (Å²) in [5.41, 5.74) is 1.65. The van der Waals surface area contributed by atoms with E-state index < -0.39 is 0 Å². The number of hydrogen-bond acceptors (Lipinski definition) is 6. The Morgan fingerprint density at radius 2 is 1.73 bits per heavy atom. The lowest BCUT2D eigenvalue weighted by molar-refractivity contribution is 0.194. The molecule has 1 aromatic heterocycles. The molecule has 2 amide bonds. The van der Waals surface area contributed by atoms with Crippen LogP contribution in [0, 0.1) is 5.82 Å². The van der Waals surface area contributed by atoms with Gasteiger partial charge in [-0.05, 0) is 29.8 Å². The fourth-order valence-corrected chi connectivity index (χ4v) is 4.53. The number of urea groups is 1. The minimum atomic E-state index is -0.286. The van der Waals surface area contributed by atoms with Gasteiger partial charge in [0.15, 0.2) is 5.13 Å². The normalized spacial score (nSPS) is 14.1. The lowest BCUT2D eigenvalue weighted by Gasteiger charge is -2.34. The molecule has 2 aromatic carbocycles. The Bertz CT molecular complexity index is 992. The predicted octanol–water partition coefficient (Wildman–Crippen LogP) is 3.48. The second-order valence-electron chi connectivity index (χ2n) is 6.90. The summed E-state index contributed by atoms with van der Waals surface area (Å²) in [6.45, 7) is 2.94. The second-order valence-corrected chi connectivity index (χ2v) is 7.88. The smallest absolute Gasteiger partial charge is 0.317 e. The first-order valence-corrected chi connectivity index (χ1v) is 10.4. The third kappa shape index (κ3) is 4.11. The molecule has 1 aliphatic rings. The maximum Gasteiger partial charge on any atom is 0.317 e. The molecule has 1 fully saturated rings. The number of nitrogens with one attached hydrogen (secondary N) is 1. The Morgan fingerprint density at radius 3 is 2.40 bits per heavy atom. The zero-order valence-electron chi connectivity index (χ0n) is 16.9. The second kappa shape index (κ2) is 8.74. The molecule has 0 aliphatic carbocycles. The number of thiazole rings is 1. The quantitative estimate of drug-likeness (QED) is 0.671. The van der Waals surface area contributed by atoms with Gasteiger partial charge in [-0.2, -0.15) is 0 Å². The van der Waals surface area contributed by atoms with Gasteiger partial charge in [0.25, 0.3) is 0 Å². The van der Waals surface area contributed by atoms with E-state index in [2.05, 4.69) is 10.2 Å². The van der Waals surface area contributed by atoms with Crippen LogP contribution in [0.4, 0.5) is 14.3 Å². The number of halogens is 1. The molecule has 4 rings (SSSR count). The molecule has 0 saturated carbocycles. The molecule has 0 spiro atoms. The molecule has 30 heavy (non-hydrogen) atoms. The Labute approximate surface area is 178 Å². The van der Waals surface area contributed by atoms with Crippen LogP contribution in [-0.2, 0) is 6.54 Å². The van der Waals surface area contributed by atoms with E-state index >= 15 is 0 Å². The monoisotopic (exact) mass is 430 g/mol. The fourth-order valence-electron chi connectivity index (χ4n) is 3.40. The third-order valence-electron chi connectivity index (χ3n) is 5.09. The van der Waals surface area contributed by atoms with Gasteiger partial charge in [-0.15, -0.1) is 0 Å². The molecule has 1 aliphatic heterocycles. The van der Waals surface area contributed by atoms with Crippen LogP contribution in [0.25, 0.3) is 10.2 Å². The van der Waals surface area contributed by atoms with Gasteiger partial charge in [0.2, 0.25) is 0 Å². The third-order valence-corrected chi connectivity index (χ3v) is 6.22. The van der Waals surface area contributed by atoms with Gasteiger partial charge >= 0.3 is 6.03 Å². The number of carbonyl (C=O) groups excluding carboxylic acids is 1. The number of anilines is 1. The van der Waals surface area contributed by atoms with E-state index in [4.69, 9.17) is 14.5 Å². The molecule has 0 atom stereocenters. The number of methoxy groups -OCH3 is 2. The summed E-state index contributed by atoms with van der Waals surface area (Å²) in [5.74, 6) is 1.20. The minimum absolute atomic E-state index is 0.119. The SMILES string of the molecule is COc1ccc(OC)c2sc(N3CCN(C(=O)NCc4ccc(F)cc4)CC3)nc12. The molecule has 7 nitrogen and oxygen atoms in total. The van der Waals surface area contributed by atoms with Gasteiger partial charge < -0.3 is 24.6 Å². The summed E-state index contributed by atoms with van der Waals surface area (Å²) in [7, 11) is 3.27. The zero-order valence-corrected chi connectivity index (χ0v) is 17.7. The van der Waals surface area contributed by atoms with Crippen molar-refractivity contribution < 1.29 is 18.7 Å². The highest BCUT2D eigenvalue weighted by molar-refractivity contribution is 7.22. The summed E-state index contributed by atoms with van der Waals surface area (Å²) in [5, 5.41) is 3.78. The maximum absolute atomic E-state index is 13.0. The highest BCUT2D eigenvalue weighted by Crippen LogP contribution is 2.40. The van der Waals surface area contributed by atoms with Crippen molar-refractivity contribution in [2.75, 3.05) is 45.3 Å². The molecule has 2 heterocycles. The van der Waals surface area contributed by atoms with Gasteiger partial charge in [0.1, 0.15) is 27.5 Å². The predicted molar refractivity (Wildman–Crippen MR) is 115 cm³/mol. The van der Waals surface area contributed by atoms with E-state index in [1.807, 2.05) is 12.1 Å². The molecule has 1 saturated heterocycles. The summed E-state index contributed by atoms with van der Waals surface area (Å²) in [6, 6.07) is 9.74. The molecule has 9 heteroatoms. The maximum atomic E-state index is 13.0. The molecule has 0 radical (unpaired) electrons. The number of carbonyl (C=O) groups is 1. The van der Waals surface area contributed by atoms with Crippen molar-refractivity contribution in [3.8, 4) is 11.5 Å². The summed E-state index contributed by atoms with van der Waals surface area (Å²) in [4.78, 5) is 21.2. The van der Waals surface area contributed by atoms with Crippen molar-refractivity contribution in [1.82, 2.24) is 15.2 Å². The van der Waals surface area contributed by atoms with Crippen molar-refractivity contribution >= 4 is 32.7 Å². The van der Waals surface area contributed by atoms with E-state index in [1.54, 1.807) is 42.6 Å². The Kier molecular flexibility index (Phi) is 5.89. The van der Waals surface area contributed by atoms with Crippen LogP contribution in [0.3, 0.4) is 0 Å². The number of aromatic nitrogens is 1. The average molecular weight is 431 g/mol. The van der Waals surface area contributed by atoms with Crippen LogP contribution >= 0.6 is 11.3 Å². The van der Waals surface area contributed by atoms with E-state index in [0.29, 0.717) is 38.5 Å². The lowest BCUT2D eigenvalue weighted by atomic mass is 10.2. The molecule has 0 bridgehead atoms. The number of nitrogens with zero attached hydrogens (tertiary/aromatic N) is 3. The Balaban J connectivity index is 1.38. The average Bonchev–Trinajstić information content (AvgIpc) is 3.23. The molecule has 158 valence electrons. The first-order valence-electron chi connectivity index (χ1n) is 9.62. The standard InChI is InChI=1S/C21H23FN4O3S/c1-28-16-7-8-17(29-2)19-18(16)24-21(30-19)26-11-9-25(10-12-26)20(27)23-13-14-3-5-15(22)6-4-14/h3-8H,9-13H2,1-2H3,(H,23,27). The van der Waals surface area contributed by atoms with Crippen LogP contribution in [0.15, 0.2) is 36.4 Å². The van der Waals surface area contributed by atoms with E-state index in [-0.39, 0.29) is 11.8 Å². The number of amides is 2. The number of rotatable bonds is 5. The van der Waals surface area contributed by atoms with Crippen LogP contribution in [-0.4, -0.2) is 56.3 Å². The Hall–Kier alpha value is -3.07. The summed E-state index contributed by atoms with van der Waals surface area (Å²) < 4.78 is 24.8. The van der Waals surface area contributed by atoms with Crippen LogP contribution in [0.5, 0.6) is 11.5 Å². The topological polar surface area (TPSA) is 66.9 Å². The number of piperazine rings is 1. The molecule has 3 aromatic rings. The van der Waals surface area contributed by atoms with E-state index in [0.717, 1.165) is 26.7 Å². The number of fused-ring (bicyclic) bond motifs is 1. The van der Waals surface area contributed by atoms with Crippen molar-refractivity contribution in [3.63, 3.8) is 0 Å². The van der Waals surface area contributed by atoms with E-state index in [1.165, 1.54) is 12.1 Å². The summed E-state index contributed by atoms with van der Waals surface area (Å²) in [6.07, 6.45) is 0. The van der Waals surface area contributed by atoms with Gasteiger partial charge in [-0.3, -0.25) is 0 Å². The first-order chi connectivity index (χ1) is 14.6. The van der Waals surface area contributed by atoms with Gasteiger partial charge in [0, 0.05) is 32.7 Å². The van der Waals surface area contributed by atoms with Gasteiger partial charge in [0.05, 0.1) is 14.2 Å². The van der Waals surface area contributed by atoms with Gasteiger partial charge in [-0.25, -0.2) is 14.2 Å². The van der Waals surface area contributed by atoms with Crippen molar-refractivity contribution in [1.29, 1.82) is 0 Å². The Morgan fingerprint density at radius 1 is 1.07 bits per heavy atom. The van der Waals surface area contributed by atoms with Crippen molar-refractivity contribution in [2.45, 2.75) is 6.54 Å². The fraction of sp³-hybridized carbons (Fsp3) is 0.333. The highest BCUT2D eigenvalue weighted by atomic mass is 32.1. The molecule has 0 unspecified atom stereocenters.